The Morgan fingerprint density at radius 1 is 1.00 bits per heavy atom. The van der Waals surface area contributed by atoms with E-state index in [0.29, 0.717) is 31.2 Å². The van der Waals surface area contributed by atoms with Gasteiger partial charge >= 0.3 is 0 Å². The summed E-state index contributed by atoms with van der Waals surface area (Å²) in [6.45, 7) is 4.70. The van der Waals surface area contributed by atoms with E-state index < -0.39 is 0 Å². The molecule has 0 atom stereocenters. The number of anilines is 2. The number of nitrogens with zero attached hydrogens (tertiary/aromatic N) is 5. The van der Waals surface area contributed by atoms with Crippen LogP contribution in [0.3, 0.4) is 0 Å². The predicted octanol–water partition coefficient (Wildman–Crippen LogP) is 0.977. The maximum Gasteiger partial charge on any atom is 0.231 e. The van der Waals surface area contributed by atoms with Crippen LogP contribution in [0.5, 0.6) is 0 Å². The quantitative estimate of drug-likeness (QED) is 0.824. The number of hydrogen-bond donors (Lipinski definition) is 0. The molecule has 1 aromatic heterocycles. The summed E-state index contributed by atoms with van der Waals surface area (Å²) in [6.07, 6.45) is 2.29. The molecule has 0 radical (unpaired) electrons. The van der Waals surface area contributed by atoms with Crippen molar-refractivity contribution in [3.63, 3.8) is 0 Å². The fourth-order valence-corrected chi connectivity index (χ4v) is 2.82. The second-order valence-electron chi connectivity index (χ2n) is 5.23. The summed E-state index contributed by atoms with van der Waals surface area (Å²) in [4.78, 5) is 17.3. The lowest BCUT2D eigenvalue weighted by Gasteiger charge is -2.32. The number of halogens is 1. The van der Waals surface area contributed by atoms with Crippen LogP contribution in [-0.4, -0.2) is 67.6 Å². The molecular formula is C13H20ClN5O2. The number of piperidine rings is 1. The highest BCUT2D eigenvalue weighted by Crippen LogP contribution is 2.21. The van der Waals surface area contributed by atoms with Gasteiger partial charge in [-0.1, -0.05) is 0 Å². The molecule has 2 aliphatic rings. The normalized spacial score (nSPS) is 20.9. The zero-order valence-electron chi connectivity index (χ0n) is 12.2. The van der Waals surface area contributed by atoms with Crippen molar-refractivity contribution in [2.75, 3.05) is 56.3 Å². The summed E-state index contributed by atoms with van der Waals surface area (Å²) in [5.74, 6) is 1.30. The van der Waals surface area contributed by atoms with Crippen LogP contribution in [0.25, 0.3) is 0 Å². The zero-order chi connectivity index (χ0) is 14.7. The van der Waals surface area contributed by atoms with E-state index in [4.69, 9.17) is 21.1 Å². The molecule has 0 spiro atoms. The molecule has 7 nitrogen and oxygen atoms in total. The van der Waals surface area contributed by atoms with Gasteiger partial charge in [0.05, 0.1) is 19.3 Å². The van der Waals surface area contributed by atoms with Crippen molar-refractivity contribution >= 4 is 23.5 Å². The summed E-state index contributed by atoms with van der Waals surface area (Å²) in [5.41, 5.74) is 0. The van der Waals surface area contributed by atoms with Crippen LogP contribution in [0.1, 0.15) is 12.8 Å². The van der Waals surface area contributed by atoms with E-state index in [2.05, 4.69) is 24.8 Å². The predicted molar refractivity (Wildman–Crippen MR) is 80.1 cm³/mol. The standard InChI is InChI=1S/C13H20ClN5O2/c1-20-10-2-4-18(5-3-10)12-15-11(14)16-13(17-12)19-6-8-21-9-7-19/h10H,2-9H2,1H3. The van der Waals surface area contributed by atoms with Gasteiger partial charge in [0.25, 0.3) is 0 Å². The van der Waals surface area contributed by atoms with Crippen molar-refractivity contribution in [2.24, 2.45) is 0 Å². The highest BCUT2D eigenvalue weighted by atomic mass is 35.5. The second-order valence-corrected chi connectivity index (χ2v) is 5.56. The first-order valence-electron chi connectivity index (χ1n) is 7.28. The molecule has 8 heteroatoms. The Kier molecular flexibility index (Phi) is 4.72. The summed E-state index contributed by atoms with van der Waals surface area (Å²) in [5, 5.41) is 0.246. The van der Waals surface area contributed by atoms with Gasteiger partial charge in [0.15, 0.2) is 0 Å². The average Bonchev–Trinajstić information content (AvgIpc) is 2.55. The molecule has 0 saturated carbocycles. The minimum atomic E-state index is 0.246. The first-order chi connectivity index (χ1) is 10.3. The molecule has 21 heavy (non-hydrogen) atoms. The van der Waals surface area contributed by atoms with Gasteiger partial charge in [0, 0.05) is 33.3 Å². The van der Waals surface area contributed by atoms with Gasteiger partial charge in [-0.2, -0.15) is 15.0 Å². The number of morpholine rings is 1. The molecular weight excluding hydrogens is 294 g/mol. The monoisotopic (exact) mass is 313 g/mol. The van der Waals surface area contributed by atoms with Crippen LogP contribution in [0.2, 0.25) is 5.28 Å². The fraction of sp³-hybridized carbons (Fsp3) is 0.769. The topological polar surface area (TPSA) is 63.6 Å². The summed E-state index contributed by atoms with van der Waals surface area (Å²) >= 11 is 6.07. The molecule has 1 aromatic rings. The van der Waals surface area contributed by atoms with Crippen LogP contribution in [0.15, 0.2) is 0 Å². The number of aromatic nitrogens is 3. The smallest absolute Gasteiger partial charge is 0.231 e. The van der Waals surface area contributed by atoms with E-state index in [-0.39, 0.29) is 5.28 Å². The maximum absolute atomic E-state index is 6.07. The maximum atomic E-state index is 6.07. The first kappa shape index (κ1) is 14.7. The van der Waals surface area contributed by atoms with Crippen molar-refractivity contribution in [3.05, 3.63) is 5.28 Å². The largest absolute Gasteiger partial charge is 0.381 e. The SMILES string of the molecule is COC1CCN(c2nc(Cl)nc(N3CCOCC3)n2)CC1. The molecule has 3 heterocycles. The van der Waals surface area contributed by atoms with E-state index >= 15 is 0 Å². The Balaban J connectivity index is 1.74. The highest BCUT2D eigenvalue weighted by molar-refractivity contribution is 6.28. The van der Waals surface area contributed by atoms with Gasteiger partial charge in [0.1, 0.15) is 0 Å². The van der Waals surface area contributed by atoms with Crippen molar-refractivity contribution in [1.29, 1.82) is 0 Å². The molecule has 0 amide bonds. The van der Waals surface area contributed by atoms with Crippen LogP contribution in [-0.2, 0) is 9.47 Å². The Hall–Kier alpha value is -1.18. The third kappa shape index (κ3) is 3.53. The summed E-state index contributed by atoms with van der Waals surface area (Å²) < 4.78 is 10.7. The molecule has 2 fully saturated rings. The van der Waals surface area contributed by atoms with Gasteiger partial charge in [0.2, 0.25) is 17.2 Å². The lowest BCUT2D eigenvalue weighted by atomic mass is 10.1. The Morgan fingerprint density at radius 3 is 2.14 bits per heavy atom. The third-order valence-corrected chi connectivity index (χ3v) is 4.11. The van der Waals surface area contributed by atoms with Gasteiger partial charge < -0.3 is 19.3 Å². The van der Waals surface area contributed by atoms with Gasteiger partial charge in [-0.15, -0.1) is 0 Å². The summed E-state index contributed by atoms with van der Waals surface area (Å²) in [7, 11) is 1.76. The average molecular weight is 314 g/mol. The number of hydrogen-bond acceptors (Lipinski definition) is 7. The van der Waals surface area contributed by atoms with Crippen molar-refractivity contribution in [2.45, 2.75) is 18.9 Å². The van der Waals surface area contributed by atoms with E-state index in [0.717, 1.165) is 39.0 Å². The molecule has 0 bridgehead atoms. The molecule has 0 aromatic carbocycles. The van der Waals surface area contributed by atoms with Gasteiger partial charge in [-0.05, 0) is 24.4 Å². The molecule has 116 valence electrons. The lowest BCUT2D eigenvalue weighted by molar-refractivity contribution is 0.0816. The van der Waals surface area contributed by atoms with Gasteiger partial charge in [-0.25, -0.2) is 0 Å². The van der Waals surface area contributed by atoms with E-state index in [9.17, 15) is 0 Å². The molecule has 2 aliphatic heterocycles. The fourth-order valence-electron chi connectivity index (χ4n) is 2.67. The minimum Gasteiger partial charge on any atom is -0.381 e. The number of methoxy groups -OCH3 is 1. The van der Waals surface area contributed by atoms with E-state index in [1.165, 1.54) is 0 Å². The van der Waals surface area contributed by atoms with Crippen molar-refractivity contribution < 1.29 is 9.47 Å². The minimum absolute atomic E-state index is 0.246. The number of rotatable bonds is 3. The molecule has 2 saturated heterocycles. The second kappa shape index (κ2) is 6.72. The van der Waals surface area contributed by atoms with Crippen LogP contribution < -0.4 is 9.80 Å². The Labute approximate surface area is 129 Å². The first-order valence-corrected chi connectivity index (χ1v) is 7.66. The third-order valence-electron chi connectivity index (χ3n) is 3.94. The molecule has 0 N–H and O–H groups in total. The zero-order valence-corrected chi connectivity index (χ0v) is 12.9. The Bertz CT molecular complexity index is 476. The van der Waals surface area contributed by atoms with Crippen molar-refractivity contribution in [3.8, 4) is 0 Å². The van der Waals surface area contributed by atoms with Crippen molar-refractivity contribution in [1.82, 2.24) is 15.0 Å². The summed E-state index contributed by atoms with van der Waals surface area (Å²) in [6, 6.07) is 0. The molecule has 0 unspecified atom stereocenters. The molecule has 0 aliphatic carbocycles. The highest BCUT2D eigenvalue weighted by Gasteiger charge is 2.23. The molecule has 3 rings (SSSR count). The van der Waals surface area contributed by atoms with Crippen LogP contribution in [0.4, 0.5) is 11.9 Å². The number of ether oxygens (including phenoxy) is 2. The van der Waals surface area contributed by atoms with Crippen LogP contribution >= 0.6 is 11.6 Å². The lowest BCUT2D eigenvalue weighted by Crippen LogP contribution is -2.40. The van der Waals surface area contributed by atoms with E-state index in [1.54, 1.807) is 7.11 Å². The van der Waals surface area contributed by atoms with Crippen LogP contribution in [0, 0.1) is 0 Å². The Morgan fingerprint density at radius 2 is 1.57 bits per heavy atom. The van der Waals surface area contributed by atoms with E-state index in [1.807, 2.05) is 0 Å². The van der Waals surface area contributed by atoms with Gasteiger partial charge in [-0.3, -0.25) is 0 Å².